The highest BCUT2D eigenvalue weighted by atomic mass is 19.4. The molecule has 1 aromatic carbocycles. The molecule has 1 heterocycles. The van der Waals surface area contributed by atoms with Crippen LogP contribution in [0.4, 0.5) is 13.2 Å². The first kappa shape index (κ1) is 25.2. The van der Waals surface area contributed by atoms with Crippen molar-refractivity contribution in [2.75, 3.05) is 33.7 Å². The molecule has 1 atom stereocenters. The van der Waals surface area contributed by atoms with Crippen molar-refractivity contribution in [3.05, 3.63) is 35.4 Å². The van der Waals surface area contributed by atoms with E-state index in [4.69, 9.17) is 0 Å². The van der Waals surface area contributed by atoms with Crippen LogP contribution in [0, 0.1) is 6.92 Å². The SMILES string of the molecule is CC(F)(F)F.Cc1cccc(C(CN2CCC(N(C)C)CC2)C2(O)CCCCC2)c1. The Morgan fingerprint density at radius 3 is 2.20 bits per heavy atom. The molecular weight excluding hydrogens is 389 g/mol. The Bertz CT molecular complexity index is 628. The number of rotatable bonds is 5. The van der Waals surface area contributed by atoms with Crippen molar-refractivity contribution in [2.24, 2.45) is 0 Å². The van der Waals surface area contributed by atoms with Gasteiger partial charge in [-0.2, -0.15) is 13.2 Å². The van der Waals surface area contributed by atoms with Gasteiger partial charge < -0.3 is 14.9 Å². The normalized spacial score (nSPS) is 21.8. The summed E-state index contributed by atoms with van der Waals surface area (Å²) < 4.78 is 31.1. The average Bonchev–Trinajstić information content (AvgIpc) is 2.65. The van der Waals surface area contributed by atoms with Crippen molar-refractivity contribution < 1.29 is 18.3 Å². The second-order valence-corrected chi connectivity index (χ2v) is 9.41. The van der Waals surface area contributed by atoms with Gasteiger partial charge in [0.05, 0.1) is 5.60 Å². The number of piperidine rings is 1. The molecule has 1 aromatic rings. The summed E-state index contributed by atoms with van der Waals surface area (Å²) in [4.78, 5) is 4.96. The number of hydrogen-bond donors (Lipinski definition) is 1. The summed E-state index contributed by atoms with van der Waals surface area (Å²) in [5, 5.41) is 11.5. The number of likely N-dealkylation sites (tertiary alicyclic amines) is 1. The van der Waals surface area contributed by atoms with Crippen LogP contribution < -0.4 is 0 Å². The van der Waals surface area contributed by atoms with Gasteiger partial charge in [-0.15, -0.1) is 0 Å². The van der Waals surface area contributed by atoms with Crippen LogP contribution in [-0.4, -0.2) is 66.5 Å². The maximum atomic E-state index is 11.5. The fraction of sp³-hybridized carbons (Fsp3) is 0.750. The summed E-state index contributed by atoms with van der Waals surface area (Å²) in [5.41, 5.74) is 2.11. The summed E-state index contributed by atoms with van der Waals surface area (Å²) in [6.07, 6.45) is 4.01. The average molecular weight is 429 g/mol. The molecule has 172 valence electrons. The quantitative estimate of drug-likeness (QED) is 0.683. The lowest BCUT2D eigenvalue weighted by Gasteiger charge is -2.43. The van der Waals surface area contributed by atoms with Crippen LogP contribution in [0.5, 0.6) is 0 Å². The van der Waals surface area contributed by atoms with Crippen LogP contribution in [0.2, 0.25) is 0 Å². The Morgan fingerprint density at radius 2 is 1.70 bits per heavy atom. The molecule has 1 aliphatic carbocycles. The minimum Gasteiger partial charge on any atom is -0.389 e. The van der Waals surface area contributed by atoms with Crippen molar-refractivity contribution in [1.82, 2.24) is 9.80 Å². The molecule has 0 amide bonds. The van der Waals surface area contributed by atoms with Crippen LogP contribution in [0.3, 0.4) is 0 Å². The number of aliphatic hydroxyl groups is 1. The molecule has 0 radical (unpaired) electrons. The van der Waals surface area contributed by atoms with Gasteiger partial charge in [-0.3, -0.25) is 0 Å². The Labute approximate surface area is 180 Å². The first-order valence-electron chi connectivity index (χ1n) is 11.2. The van der Waals surface area contributed by atoms with Crippen molar-refractivity contribution in [3.8, 4) is 0 Å². The van der Waals surface area contributed by atoms with Crippen LogP contribution in [0.15, 0.2) is 24.3 Å². The number of hydrogen-bond acceptors (Lipinski definition) is 3. The molecule has 1 aliphatic heterocycles. The molecule has 30 heavy (non-hydrogen) atoms. The maximum absolute atomic E-state index is 11.5. The van der Waals surface area contributed by atoms with E-state index in [9.17, 15) is 18.3 Å². The Kier molecular flexibility index (Phi) is 9.19. The molecule has 1 saturated heterocycles. The number of aryl methyl sites for hydroxylation is 1. The molecular formula is C24H39F3N2O. The van der Waals surface area contributed by atoms with E-state index in [1.807, 2.05) is 0 Å². The third-order valence-corrected chi connectivity index (χ3v) is 6.54. The van der Waals surface area contributed by atoms with E-state index in [0.29, 0.717) is 6.04 Å². The lowest BCUT2D eigenvalue weighted by atomic mass is 9.72. The summed E-state index contributed by atoms with van der Waals surface area (Å²) in [7, 11) is 4.39. The molecule has 2 aliphatic rings. The minimum absolute atomic E-state index is 0.188. The van der Waals surface area contributed by atoms with Crippen LogP contribution in [-0.2, 0) is 0 Å². The highest BCUT2D eigenvalue weighted by Crippen LogP contribution is 2.41. The lowest BCUT2D eigenvalue weighted by Crippen LogP contribution is -2.48. The van der Waals surface area contributed by atoms with Gasteiger partial charge in [0.1, 0.15) is 0 Å². The van der Waals surface area contributed by atoms with Crippen LogP contribution >= 0.6 is 0 Å². The maximum Gasteiger partial charge on any atom is 0.386 e. The van der Waals surface area contributed by atoms with E-state index < -0.39 is 11.8 Å². The number of alkyl halides is 3. The molecule has 2 fully saturated rings. The van der Waals surface area contributed by atoms with Gasteiger partial charge in [0.25, 0.3) is 0 Å². The van der Waals surface area contributed by atoms with Crippen molar-refractivity contribution in [1.29, 1.82) is 0 Å². The summed E-state index contributed by atoms with van der Waals surface area (Å²) in [6, 6.07) is 9.56. The van der Waals surface area contributed by atoms with Gasteiger partial charge in [-0.25, -0.2) is 0 Å². The second kappa shape index (κ2) is 11.0. The van der Waals surface area contributed by atoms with E-state index in [-0.39, 0.29) is 12.8 Å². The fourth-order valence-electron chi connectivity index (χ4n) is 4.86. The van der Waals surface area contributed by atoms with Gasteiger partial charge in [0.15, 0.2) is 0 Å². The zero-order valence-electron chi connectivity index (χ0n) is 19.0. The van der Waals surface area contributed by atoms with E-state index in [1.165, 1.54) is 43.2 Å². The van der Waals surface area contributed by atoms with Crippen LogP contribution in [0.25, 0.3) is 0 Å². The van der Waals surface area contributed by atoms with Gasteiger partial charge in [0.2, 0.25) is 0 Å². The van der Waals surface area contributed by atoms with E-state index in [1.54, 1.807) is 0 Å². The third kappa shape index (κ3) is 8.20. The number of benzene rings is 1. The Morgan fingerprint density at radius 1 is 1.13 bits per heavy atom. The smallest absolute Gasteiger partial charge is 0.386 e. The van der Waals surface area contributed by atoms with Gasteiger partial charge in [-0.1, -0.05) is 49.1 Å². The van der Waals surface area contributed by atoms with Crippen LogP contribution in [0.1, 0.15) is 68.9 Å². The Balaban J connectivity index is 0.000000575. The molecule has 1 saturated carbocycles. The first-order valence-corrected chi connectivity index (χ1v) is 11.2. The number of nitrogens with zero attached hydrogens (tertiary/aromatic N) is 2. The Hall–Kier alpha value is -1.11. The molecule has 3 nitrogen and oxygen atoms in total. The molecule has 1 unspecified atom stereocenters. The molecule has 1 N–H and O–H groups in total. The zero-order valence-corrected chi connectivity index (χ0v) is 19.0. The summed E-state index contributed by atoms with van der Waals surface area (Å²) >= 11 is 0. The van der Waals surface area contributed by atoms with Crippen molar-refractivity contribution in [2.45, 2.75) is 82.5 Å². The van der Waals surface area contributed by atoms with Crippen molar-refractivity contribution in [3.63, 3.8) is 0 Å². The molecule has 0 aromatic heterocycles. The highest BCUT2D eigenvalue weighted by Gasteiger charge is 2.40. The topological polar surface area (TPSA) is 26.7 Å². The largest absolute Gasteiger partial charge is 0.389 e. The fourth-order valence-corrected chi connectivity index (χ4v) is 4.86. The first-order chi connectivity index (χ1) is 14.0. The highest BCUT2D eigenvalue weighted by molar-refractivity contribution is 5.28. The second-order valence-electron chi connectivity index (χ2n) is 9.41. The monoisotopic (exact) mass is 428 g/mol. The van der Waals surface area contributed by atoms with E-state index >= 15 is 0 Å². The van der Waals surface area contributed by atoms with Gasteiger partial charge in [0, 0.05) is 25.4 Å². The zero-order chi connectivity index (χ0) is 22.4. The standard InChI is InChI=1S/C22H36N2O.C2H3F3/c1-18-8-7-9-19(16-18)21(22(25)12-5-4-6-13-22)17-24-14-10-20(11-15-24)23(2)3;1-2(3,4)5/h7-9,16,20-21,25H,4-6,10-15,17H2,1-3H3;1H3. The molecule has 3 rings (SSSR count). The summed E-state index contributed by atoms with van der Waals surface area (Å²) in [5.74, 6) is 0.239. The van der Waals surface area contributed by atoms with Gasteiger partial charge in [-0.05, 0) is 65.4 Å². The predicted octanol–water partition coefficient (Wildman–Crippen LogP) is 5.37. The van der Waals surface area contributed by atoms with E-state index in [2.05, 4.69) is 55.1 Å². The molecule has 6 heteroatoms. The number of halogens is 3. The lowest BCUT2D eigenvalue weighted by molar-refractivity contribution is -0.110. The third-order valence-electron chi connectivity index (χ3n) is 6.54. The predicted molar refractivity (Wildman–Crippen MR) is 117 cm³/mol. The summed E-state index contributed by atoms with van der Waals surface area (Å²) in [6.45, 7) is 5.66. The van der Waals surface area contributed by atoms with Gasteiger partial charge >= 0.3 is 6.18 Å². The van der Waals surface area contributed by atoms with Crippen molar-refractivity contribution >= 4 is 0 Å². The minimum atomic E-state index is -4.00. The van der Waals surface area contributed by atoms with E-state index in [0.717, 1.165) is 32.5 Å². The molecule has 0 bridgehead atoms. The molecule has 0 spiro atoms.